The molecular formula is C32H56N8O12. The molecular weight excluding hydrogens is 688 g/mol. The summed E-state index contributed by atoms with van der Waals surface area (Å²) in [6.07, 6.45) is 0. The fraction of sp³-hybridized carbons (Fsp3) is 0.750. The van der Waals surface area contributed by atoms with E-state index < -0.39 is 71.7 Å². The molecule has 4 N–H and O–H groups in total. The minimum atomic E-state index is -0.891. The van der Waals surface area contributed by atoms with E-state index in [0.29, 0.717) is 0 Å². The predicted molar refractivity (Wildman–Crippen MR) is 184 cm³/mol. The molecule has 0 saturated carbocycles. The summed E-state index contributed by atoms with van der Waals surface area (Å²) in [6.45, 7) is 7.69. The molecule has 1 fully saturated rings. The van der Waals surface area contributed by atoms with E-state index >= 15 is 0 Å². The molecule has 0 spiro atoms. The van der Waals surface area contributed by atoms with Gasteiger partial charge < -0.3 is 40.2 Å². The van der Waals surface area contributed by atoms with Crippen molar-refractivity contribution in [2.45, 2.75) is 51.9 Å². The van der Waals surface area contributed by atoms with Gasteiger partial charge in [-0.2, -0.15) is 0 Å². The largest absolute Gasteiger partial charge is 0.467 e. The summed E-state index contributed by atoms with van der Waals surface area (Å²) in [7, 11) is 4.85. The summed E-state index contributed by atoms with van der Waals surface area (Å²) >= 11 is 0. The lowest BCUT2D eigenvalue weighted by Crippen LogP contribution is -2.53. The van der Waals surface area contributed by atoms with E-state index in [1.54, 1.807) is 0 Å². The average Bonchev–Trinajstić information content (AvgIpc) is 3.10. The molecule has 0 unspecified atom stereocenters. The van der Waals surface area contributed by atoms with Crippen LogP contribution in [0.1, 0.15) is 27.7 Å². The van der Waals surface area contributed by atoms with Gasteiger partial charge in [0.1, 0.15) is 24.2 Å². The molecule has 1 aliphatic heterocycles. The van der Waals surface area contributed by atoms with Crippen molar-refractivity contribution in [3.63, 3.8) is 0 Å². The number of nitrogens with one attached hydrogen (secondary N) is 4. The van der Waals surface area contributed by atoms with Gasteiger partial charge in [-0.25, -0.2) is 19.2 Å². The molecule has 1 heterocycles. The van der Waals surface area contributed by atoms with Crippen LogP contribution in [0, 0.1) is 0 Å². The maximum Gasteiger partial charge on any atom is 0.328 e. The third-order valence-corrected chi connectivity index (χ3v) is 8.13. The fourth-order valence-electron chi connectivity index (χ4n) is 5.11. The van der Waals surface area contributed by atoms with Crippen molar-refractivity contribution in [3.05, 3.63) is 0 Å². The zero-order valence-corrected chi connectivity index (χ0v) is 31.5. The Labute approximate surface area is 304 Å². The van der Waals surface area contributed by atoms with Crippen molar-refractivity contribution >= 4 is 47.5 Å². The Hall–Kier alpha value is -4.40. The van der Waals surface area contributed by atoms with Gasteiger partial charge >= 0.3 is 23.9 Å². The highest BCUT2D eigenvalue weighted by Gasteiger charge is 2.25. The van der Waals surface area contributed by atoms with Crippen LogP contribution in [0.2, 0.25) is 0 Å². The van der Waals surface area contributed by atoms with Crippen molar-refractivity contribution in [1.82, 2.24) is 40.9 Å². The molecule has 4 amide bonds. The molecule has 0 aromatic rings. The van der Waals surface area contributed by atoms with E-state index in [9.17, 15) is 38.4 Å². The van der Waals surface area contributed by atoms with Crippen LogP contribution < -0.4 is 21.3 Å². The normalized spacial score (nSPS) is 17.7. The van der Waals surface area contributed by atoms with Gasteiger partial charge in [0.2, 0.25) is 23.6 Å². The predicted octanol–water partition coefficient (Wildman–Crippen LogP) is -4.08. The number of hydrogen-bond acceptors (Lipinski definition) is 16. The third kappa shape index (κ3) is 17.7. The molecule has 0 aliphatic carbocycles. The van der Waals surface area contributed by atoms with Gasteiger partial charge in [-0.15, -0.1) is 0 Å². The smallest absolute Gasteiger partial charge is 0.328 e. The molecule has 52 heavy (non-hydrogen) atoms. The summed E-state index contributed by atoms with van der Waals surface area (Å²) in [5.41, 5.74) is 0. The van der Waals surface area contributed by atoms with Gasteiger partial charge in [0.05, 0.1) is 54.6 Å². The van der Waals surface area contributed by atoms with E-state index in [2.05, 4.69) is 21.3 Å². The number of rotatable bonds is 16. The highest BCUT2D eigenvalue weighted by Crippen LogP contribution is 2.03. The number of ether oxygens (including phenoxy) is 4. The number of methoxy groups -OCH3 is 4. The number of carbonyl (C=O) groups is 8. The molecule has 4 atom stereocenters. The van der Waals surface area contributed by atoms with Crippen LogP contribution >= 0.6 is 0 Å². The molecule has 296 valence electrons. The molecule has 0 bridgehead atoms. The first kappa shape index (κ1) is 45.6. The Balaban J connectivity index is 3.32. The highest BCUT2D eigenvalue weighted by atomic mass is 16.5. The van der Waals surface area contributed by atoms with E-state index in [0.717, 1.165) is 0 Å². The maximum absolute atomic E-state index is 13.0. The summed E-state index contributed by atoms with van der Waals surface area (Å²) < 4.78 is 18.8. The lowest BCUT2D eigenvalue weighted by atomic mass is 10.2. The maximum atomic E-state index is 13.0. The Kier molecular flexibility index (Phi) is 21.0. The minimum absolute atomic E-state index is 0.120. The fourth-order valence-corrected chi connectivity index (χ4v) is 5.11. The standard InChI is InChI=1S/C32H56N8O12/c1-21(29(45)49-5)33-25(41)17-37-9-11-38(18-26(42)34-22(2)30(46)50-6)13-15-40(20-28(44)36-24(4)32(48)52-8)16-14-39(12-10-37)19-27(43)35-23(3)31(47)51-7/h21-24H,9-20H2,1-8H3,(H,33,41)(H,34,42)(H,35,43)(H,36,44)/t21-,22-,23-,24-/m0/s1. The second-order valence-electron chi connectivity index (χ2n) is 12.4. The van der Waals surface area contributed by atoms with E-state index in [-0.39, 0.29) is 78.5 Å². The second kappa shape index (κ2) is 24.0. The quantitative estimate of drug-likeness (QED) is 0.0869. The molecule has 1 saturated heterocycles. The Morgan fingerprint density at radius 3 is 0.673 bits per heavy atom. The Morgan fingerprint density at radius 2 is 0.538 bits per heavy atom. The van der Waals surface area contributed by atoms with Crippen LogP contribution in [0.15, 0.2) is 0 Å². The average molecular weight is 745 g/mol. The molecule has 0 aromatic carbocycles. The van der Waals surface area contributed by atoms with Gasteiger partial charge in [0.15, 0.2) is 0 Å². The molecule has 1 rings (SSSR count). The summed E-state index contributed by atoms with van der Waals surface area (Å²) in [4.78, 5) is 107. The third-order valence-electron chi connectivity index (χ3n) is 8.13. The molecule has 20 heteroatoms. The van der Waals surface area contributed by atoms with Crippen molar-refractivity contribution in [2.24, 2.45) is 0 Å². The van der Waals surface area contributed by atoms with Crippen molar-refractivity contribution in [3.8, 4) is 0 Å². The monoisotopic (exact) mass is 744 g/mol. The number of esters is 4. The summed E-state index contributed by atoms with van der Waals surface area (Å²) in [6, 6.07) is -3.56. The SMILES string of the molecule is COC(=O)[C@H](C)NC(=O)CN1CCN(CC(=O)N[C@@H](C)C(=O)OC)CCN(CC(=O)N[C@@H](C)C(=O)OC)CCN(CC(=O)N[C@@H](C)C(=O)OC)CC1. The van der Waals surface area contributed by atoms with Gasteiger partial charge in [-0.05, 0) is 27.7 Å². The first-order valence-corrected chi connectivity index (χ1v) is 16.9. The van der Waals surface area contributed by atoms with Crippen LogP contribution in [0.3, 0.4) is 0 Å². The van der Waals surface area contributed by atoms with E-state index in [1.807, 2.05) is 19.6 Å². The van der Waals surface area contributed by atoms with Crippen LogP contribution in [0.4, 0.5) is 0 Å². The van der Waals surface area contributed by atoms with Gasteiger partial charge in [-0.3, -0.25) is 38.8 Å². The first-order valence-electron chi connectivity index (χ1n) is 16.9. The van der Waals surface area contributed by atoms with Crippen molar-refractivity contribution in [2.75, 3.05) is 107 Å². The number of hydrogen-bond donors (Lipinski definition) is 4. The number of carbonyl (C=O) groups excluding carboxylic acids is 8. The van der Waals surface area contributed by atoms with Crippen LogP contribution in [0.25, 0.3) is 0 Å². The van der Waals surface area contributed by atoms with Crippen LogP contribution in [0.5, 0.6) is 0 Å². The molecule has 0 aromatic heterocycles. The van der Waals surface area contributed by atoms with Crippen molar-refractivity contribution in [1.29, 1.82) is 0 Å². The number of nitrogens with zero attached hydrogens (tertiary/aromatic N) is 4. The van der Waals surface area contributed by atoms with Gasteiger partial charge in [0, 0.05) is 52.4 Å². The topological polar surface area (TPSA) is 235 Å². The van der Waals surface area contributed by atoms with Gasteiger partial charge in [-0.1, -0.05) is 0 Å². The lowest BCUT2D eigenvalue weighted by Gasteiger charge is -2.34. The van der Waals surface area contributed by atoms with Gasteiger partial charge in [0.25, 0.3) is 0 Å². The molecule has 0 radical (unpaired) electrons. The molecule has 20 nitrogen and oxygen atoms in total. The summed E-state index contributed by atoms with van der Waals surface area (Å²) in [5.74, 6) is -4.25. The lowest BCUT2D eigenvalue weighted by molar-refractivity contribution is -0.145. The van der Waals surface area contributed by atoms with E-state index in [4.69, 9.17) is 18.9 Å². The zero-order valence-electron chi connectivity index (χ0n) is 31.5. The summed E-state index contributed by atoms with van der Waals surface area (Å²) in [5, 5.41) is 10.4. The zero-order chi connectivity index (χ0) is 39.4. The highest BCUT2D eigenvalue weighted by molar-refractivity contribution is 5.87. The molecule has 1 aliphatic rings. The second-order valence-corrected chi connectivity index (χ2v) is 12.4. The number of amides is 4. The van der Waals surface area contributed by atoms with E-state index in [1.165, 1.54) is 56.1 Å². The Morgan fingerprint density at radius 1 is 0.385 bits per heavy atom. The van der Waals surface area contributed by atoms with Crippen LogP contribution in [-0.4, -0.2) is 198 Å². The van der Waals surface area contributed by atoms with Crippen molar-refractivity contribution < 1.29 is 57.3 Å². The van der Waals surface area contributed by atoms with Crippen LogP contribution in [-0.2, 0) is 57.3 Å². The minimum Gasteiger partial charge on any atom is -0.467 e. The Bertz CT molecular complexity index is 1040. The first-order chi connectivity index (χ1) is 24.5.